The Hall–Kier alpha value is -2.00. The summed E-state index contributed by atoms with van der Waals surface area (Å²) in [5, 5.41) is 0.383. The van der Waals surface area contributed by atoms with Crippen LogP contribution in [0.25, 0.3) is 11.2 Å². The van der Waals surface area contributed by atoms with Crippen LogP contribution in [0.15, 0.2) is 18.2 Å². The number of hydrogen-bond donors (Lipinski definition) is 0. The fourth-order valence-corrected chi connectivity index (χ4v) is 6.32. The van der Waals surface area contributed by atoms with Gasteiger partial charge in [0, 0.05) is 37.8 Å². The number of piperazine rings is 1. The topological polar surface area (TPSA) is 59.3 Å². The number of halogens is 3. The Morgan fingerprint density at radius 2 is 1.89 bits per heavy atom. The van der Waals surface area contributed by atoms with Crippen molar-refractivity contribution in [1.82, 2.24) is 24.4 Å². The molecule has 0 amide bonds. The summed E-state index contributed by atoms with van der Waals surface area (Å²) in [6.07, 6.45) is 2.29. The smallest absolute Gasteiger partial charge is 0.226 e. The van der Waals surface area contributed by atoms with Crippen LogP contribution in [0.1, 0.15) is 58.0 Å². The van der Waals surface area contributed by atoms with E-state index in [-0.39, 0.29) is 34.5 Å². The highest BCUT2D eigenvalue weighted by atomic mass is 35.5. The lowest BCUT2D eigenvalue weighted by molar-refractivity contribution is 0.0821. The molecule has 2 saturated heterocycles. The summed E-state index contributed by atoms with van der Waals surface area (Å²) in [5.41, 5.74) is 2.56. The molecule has 37 heavy (non-hydrogen) atoms. The van der Waals surface area contributed by atoms with Crippen molar-refractivity contribution >= 4 is 40.2 Å². The lowest BCUT2D eigenvalue weighted by Crippen LogP contribution is -2.58. The average molecular weight is 550 g/mol. The first kappa shape index (κ1) is 26.6. The van der Waals surface area contributed by atoms with Gasteiger partial charge in [0.1, 0.15) is 11.6 Å². The Morgan fingerprint density at radius 1 is 1.11 bits per heavy atom. The van der Waals surface area contributed by atoms with Crippen LogP contribution in [0, 0.1) is 18.7 Å². The third-order valence-electron chi connectivity index (χ3n) is 7.73. The number of aromatic nitrogens is 4. The number of nitrogens with zero attached hydrogens (tertiary/aromatic N) is 6. The van der Waals surface area contributed by atoms with Gasteiger partial charge in [-0.15, -0.1) is 0 Å². The molecule has 0 bridgehead atoms. The van der Waals surface area contributed by atoms with Gasteiger partial charge in [-0.05, 0) is 68.8 Å². The molecule has 3 aromatic rings. The molecule has 2 aromatic heterocycles. The van der Waals surface area contributed by atoms with Crippen molar-refractivity contribution in [2.24, 2.45) is 5.92 Å². The Labute approximate surface area is 227 Å². The molecule has 0 N–H and O–H groups in total. The molecule has 7 nitrogen and oxygen atoms in total. The van der Waals surface area contributed by atoms with Crippen LogP contribution in [-0.4, -0.2) is 62.3 Å². The maximum Gasteiger partial charge on any atom is 0.226 e. The second-order valence-electron chi connectivity index (χ2n) is 10.8. The summed E-state index contributed by atoms with van der Waals surface area (Å²) in [6.45, 7) is 13.9. The lowest BCUT2D eigenvalue weighted by Gasteiger charge is -2.49. The van der Waals surface area contributed by atoms with Gasteiger partial charge in [-0.1, -0.05) is 31.5 Å². The summed E-state index contributed by atoms with van der Waals surface area (Å²) in [4.78, 5) is 18.9. The van der Waals surface area contributed by atoms with Crippen LogP contribution in [0.4, 0.5) is 10.2 Å². The first-order chi connectivity index (χ1) is 17.6. The molecular weight excluding hydrogens is 514 g/mol. The lowest BCUT2D eigenvalue weighted by atomic mass is 9.91. The highest BCUT2D eigenvalue weighted by Crippen LogP contribution is 2.37. The van der Waals surface area contributed by atoms with Crippen molar-refractivity contribution in [2.75, 3.05) is 24.6 Å². The summed E-state index contributed by atoms with van der Waals surface area (Å²) in [6, 6.07) is 5.54. The molecule has 5 rings (SSSR count). The Bertz CT molecular complexity index is 1280. The SMILES string of the molecule is Cc1nc2c(N3C[C@@H](C)N(C(c4ccc(F)c(Cl)c4)C(C)C)C[C@@H]3C)nc(Cl)nc2n1CC1CCCO1. The molecule has 10 heteroatoms. The number of imidazole rings is 1. The van der Waals surface area contributed by atoms with Crippen LogP contribution >= 0.6 is 23.2 Å². The number of aryl methyl sites for hydroxylation is 1. The minimum Gasteiger partial charge on any atom is -0.376 e. The fourth-order valence-electron chi connectivity index (χ4n) is 5.97. The van der Waals surface area contributed by atoms with E-state index in [0.29, 0.717) is 12.5 Å². The quantitative estimate of drug-likeness (QED) is 0.349. The predicted octanol–water partition coefficient (Wildman–Crippen LogP) is 6.06. The van der Waals surface area contributed by atoms with E-state index in [0.717, 1.165) is 60.9 Å². The van der Waals surface area contributed by atoms with Gasteiger partial charge in [0.2, 0.25) is 5.28 Å². The molecule has 0 spiro atoms. The van der Waals surface area contributed by atoms with Crippen LogP contribution in [0.5, 0.6) is 0 Å². The van der Waals surface area contributed by atoms with E-state index in [4.69, 9.17) is 32.9 Å². The molecular formula is C27H35Cl2FN6O. The first-order valence-electron chi connectivity index (χ1n) is 13.1. The zero-order valence-corrected chi connectivity index (χ0v) is 23.6. The number of benzene rings is 1. The van der Waals surface area contributed by atoms with Gasteiger partial charge in [-0.3, -0.25) is 4.90 Å². The first-order valence-corrected chi connectivity index (χ1v) is 13.9. The number of rotatable bonds is 6. The Kier molecular flexibility index (Phi) is 7.65. The van der Waals surface area contributed by atoms with Gasteiger partial charge in [0.05, 0.1) is 17.7 Å². The Balaban J connectivity index is 1.46. The van der Waals surface area contributed by atoms with Gasteiger partial charge < -0.3 is 14.2 Å². The van der Waals surface area contributed by atoms with E-state index >= 15 is 0 Å². The standard InChI is InChI=1S/C27H35Cl2FN6O/c1-15(2)24(19-8-9-22(30)21(28)11-19)34-12-17(4)35(13-16(34)3)25-23-26(33-27(29)32-25)36(18(5)31-23)14-20-7-6-10-37-20/h8-9,11,15-17,20,24H,6-7,10,12-14H2,1-5H3/t16-,17+,20?,24?/m1/s1. The van der Waals surface area contributed by atoms with Gasteiger partial charge >= 0.3 is 0 Å². The molecule has 2 aliphatic heterocycles. The van der Waals surface area contributed by atoms with Crippen LogP contribution in [-0.2, 0) is 11.3 Å². The maximum absolute atomic E-state index is 13.9. The maximum atomic E-state index is 13.9. The highest BCUT2D eigenvalue weighted by Gasteiger charge is 2.37. The van der Waals surface area contributed by atoms with Crippen molar-refractivity contribution in [3.63, 3.8) is 0 Å². The molecule has 0 aliphatic carbocycles. The second kappa shape index (κ2) is 10.6. The van der Waals surface area contributed by atoms with Gasteiger partial charge in [0.25, 0.3) is 0 Å². The number of ether oxygens (including phenoxy) is 1. The fraction of sp³-hybridized carbons (Fsp3) is 0.593. The molecule has 0 saturated carbocycles. The summed E-state index contributed by atoms with van der Waals surface area (Å²) < 4.78 is 21.9. The zero-order chi connectivity index (χ0) is 26.4. The van der Waals surface area contributed by atoms with Crippen LogP contribution in [0.3, 0.4) is 0 Å². The molecule has 0 radical (unpaired) electrons. The number of hydrogen-bond acceptors (Lipinski definition) is 6. The minimum atomic E-state index is -0.391. The summed E-state index contributed by atoms with van der Waals surface area (Å²) in [7, 11) is 0. The van der Waals surface area contributed by atoms with E-state index in [1.165, 1.54) is 6.07 Å². The summed E-state index contributed by atoms with van der Waals surface area (Å²) in [5.74, 6) is 1.59. The molecule has 2 unspecified atom stereocenters. The Morgan fingerprint density at radius 3 is 2.57 bits per heavy atom. The van der Waals surface area contributed by atoms with Crippen molar-refractivity contribution < 1.29 is 9.13 Å². The van der Waals surface area contributed by atoms with Crippen LogP contribution < -0.4 is 4.90 Å². The molecule has 1 aromatic carbocycles. The summed E-state index contributed by atoms with van der Waals surface area (Å²) >= 11 is 12.6. The minimum absolute atomic E-state index is 0.111. The molecule has 4 atom stereocenters. The van der Waals surface area contributed by atoms with Crippen molar-refractivity contribution in [3.8, 4) is 0 Å². The molecule has 4 heterocycles. The van der Waals surface area contributed by atoms with Gasteiger partial charge in [0.15, 0.2) is 17.0 Å². The van der Waals surface area contributed by atoms with Crippen molar-refractivity contribution in [2.45, 2.75) is 78.2 Å². The van der Waals surface area contributed by atoms with Crippen molar-refractivity contribution in [3.05, 3.63) is 45.7 Å². The normalized spacial score (nSPS) is 23.9. The predicted molar refractivity (Wildman–Crippen MR) is 146 cm³/mol. The van der Waals surface area contributed by atoms with Crippen LogP contribution in [0.2, 0.25) is 10.3 Å². The van der Waals surface area contributed by atoms with Crippen molar-refractivity contribution in [1.29, 1.82) is 0 Å². The van der Waals surface area contributed by atoms with Gasteiger partial charge in [-0.2, -0.15) is 9.97 Å². The number of fused-ring (bicyclic) bond motifs is 1. The zero-order valence-electron chi connectivity index (χ0n) is 22.1. The molecule has 2 fully saturated rings. The largest absolute Gasteiger partial charge is 0.376 e. The molecule has 2 aliphatic rings. The molecule has 200 valence electrons. The van der Waals surface area contributed by atoms with E-state index in [2.05, 4.69) is 52.0 Å². The van der Waals surface area contributed by atoms with E-state index in [9.17, 15) is 4.39 Å². The third kappa shape index (κ3) is 5.18. The van der Waals surface area contributed by atoms with E-state index in [1.807, 2.05) is 13.0 Å². The average Bonchev–Trinajstić information content (AvgIpc) is 3.46. The van der Waals surface area contributed by atoms with Gasteiger partial charge in [-0.25, -0.2) is 9.37 Å². The monoisotopic (exact) mass is 548 g/mol. The number of anilines is 1. The highest BCUT2D eigenvalue weighted by molar-refractivity contribution is 6.30. The third-order valence-corrected chi connectivity index (χ3v) is 8.19. The van der Waals surface area contributed by atoms with E-state index in [1.54, 1.807) is 6.07 Å². The van der Waals surface area contributed by atoms with E-state index < -0.39 is 5.82 Å². The second-order valence-corrected chi connectivity index (χ2v) is 11.5.